The molecule has 0 saturated heterocycles. The number of rotatable bonds is 4. The van der Waals surface area contributed by atoms with E-state index in [0.29, 0.717) is 5.41 Å². The van der Waals surface area contributed by atoms with Crippen LogP contribution < -0.4 is 0 Å². The van der Waals surface area contributed by atoms with Crippen molar-refractivity contribution in [3.8, 4) is 0 Å². The van der Waals surface area contributed by atoms with Crippen LogP contribution in [-0.2, 0) is 9.53 Å². The van der Waals surface area contributed by atoms with Crippen LogP contribution in [0, 0.1) is 5.41 Å². The normalized spacial score (nSPS) is 20.0. The van der Waals surface area contributed by atoms with Gasteiger partial charge >= 0.3 is 5.97 Å². The number of carbonyl (C=O) groups is 1. The summed E-state index contributed by atoms with van der Waals surface area (Å²) in [5, 5.41) is 0. The molecule has 1 aliphatic carbocycles. The van der Waals surface area contributed by atoms with Crippen molar-refractivity contribution in [1.82, 2.24) is 0 Å². The van der Waals surface area contributed by atoms with Gasteiger partial charge in [-0.3, -0.25) is 9.79 Å². The fourth-order valence-corrected chi connectivity index (χ4v) is 2.41. The second-order valence-corrected chi connectivity index (χ2v) is 6.69. The smallest absolute Gasteiger partial charge is 0.328 e. The summed E-state index contributed by atoms with van der Waals surface area (Å²) in [6, 6.07) is 0. The van der Waals surface area contributed by atoms with Gasteiger partial charge in [-0.1, -0.05) is 26.2 Å². The van der Waals surface area contributed by atoms with E-state index in [0.717, 1.165) is 6.42 Å². The van der Waals surface area contributed by atoms with Crippen LogP contribution in [0.15, 0.2) is 4.99 Å². The van der Waals surface area contributed by atoms with Crippen LogP contribution in [0.5, 0.6) is 0 Å². The number of nitrogens with zero attached hydrogens (tertiary/aromatic N) is 1. The molecule has 3 nitrogen and oxygen atoms in total. The number of ether oxygens (including phenoxy) is 1. The van der Waals surface area contributed by atoms with Crippen molar-refractivity contribution in [2.75, 3.05) is 6.54 Å². The molecule has 0 aromatic rings. The largest absolute Gasteiger partial charge is 0.459 e. The van der Waals surface area contributed by atoms with Gasteiger partial charge in [-0.2, -0.15) is 0 Å². The minimum absolute atomic E-state index is 0.146. The molecule has 0 bridgehead atoms. The van der Waals surface area contributed by atoms with Gasteiger partial charge in [-0.15, -0.1) is 0 Å². The number of hydrogen-bond donors (Lipinski definition) is 0. The topological polar surface area (TPSA) is 38.7 Å². The average molecular weight is 253 g/mol. The molecule has 0 spiro atoms. The first kappa shape index (κ1) is 15.2. The maximum atomic E-state index is 11.5. The molecule has 104 valence electrons. The molecule has 1 fully saturated rings. The summed E-state index contributed by atoms with van der Waals surface area (Å²) in [6.45, 7) is 8.09. The van der Waals surface area contributed by atoms with Crippen LogP contribution in [-0.4, -0.2) is 24.3 Å². The lowest BCUT2D eigenvalue weighted by Gasteiger charge is -2.32. The molecule has 0 aromatic heterocycles. The Morgan fingerprint density at radius 2 is 1.89 bits per heavy atom. The highest BCUT2D eigenvalue weighted by molar-refractivity contribution is 5.74. The highest BCUT2D eigenvalue weighted by Crippen LogP contribution is 2.37. The van der Waals surface area contributed by atoms with E-state index in [2.05, 4.69) is 11.9 Å². The van der Waals surface area contributed by atoms with Crippen LogP contribution in [0.3, 0.4) is 0 Å². The summed E-state index contributed by atoms with van der Waals surface area (Å²) < 4.78 is 5.20. The molecule has 18 heavy (non-hydrogen) atoms. The van der Waals surface area contributed by atoms with Crippen LogP contribution in [0.4, 0.5) is 0 Å². The van der Waals surface area contributed by atoms with E-state index in [-0.39, 0.29) is 12.5 Å². The van der Waals surface area contributed by atoms with Crippen molar-refractivity contribution >= 4 is 12.2 Å². The molecule has 0 N–H and O–H groups in total. The fraction of sp³-hybridized carbons (Fsp3) is 0.867. The fourth-order valence-electron chi connectivity index (χ4n) is 2.41. The van der Waals surface area contributed by atoms with Gasteiger partial charge in [0.25, 0.3) is 0 Å². The van der Waals surface area contributed by atoms with Crippen molar-refractivity contribution < 1.29 is 9.53 Å². The average Bonchev–Trinajstić information content (AvgIpc) is 2.23. The van der Waals surface area contributed by atoms with Crippen LogP contribution >= 0.6 is 0 Å². The van der Waals surface area contributed by atoms with Gasteiger partial charge in [0, 0.05) is 0 Å². The second-order valence-electron chi connectivity index (χ2n) is 6.69. The van der Waals surface area contributed by atoms with Gasteiger partial charge in [0.2, 0.25) is 0 Å². The van der Waals surface area contributed by atoms with Crippen molar-refractivity contribution in [3.63, 3.8) is 0 Å². The standard InChI is InChI=1S/C15H27NO2/c1-14(2,3)18-13(17)12-16-11-10-15(4)8-6-5-7-9-15/h11H,5-10,12H2,1-4H3. The Kier molecular flexibility index (Phi) is 5.36. The Balaban J connectivity index is 2.26. The van der Waals surface area contributed by atoms with Crippen molar-refractivity contribution in [3.05, 3.63) is 0 Å². The first-order valence-corrected chi connectivity index (χ1v) is 7.01. The zero-order valence-electron chi connectivity index (χ0n) is 12.3. The lowest BCUT2D eigenvalue weighted by molar-refractivity contribution is -0.152. The Morgan fingerprint density at radius 1 is 1.28 bits per heavy atom. The first-order chi connectivity index (χ1) is 8.31. The molecule has 0 amide bonds. The lowest BCUT2D eigenvalue weighted by Crippen LogP contribution is -2.25. The van der Waals surface area contributed by atoms with E-state index in [9.17, 15) is 4.79 Å². The summed E-state index contributed by atoms with van der Waals surface area (Å²) in [7, 11) is 0. The predicted octanol–water partition coefficient (Wildman–Crippen LogP) is 3.76. The highest BCUT2D eigenvalue weighted by atomic mass is 16.6. The second kappa shape index (κ2) is 6.35. The minimum Gasteiger partial charge on any atom is -0.459 e. The Bertz CT molecular complexity index is 296. The summed E-state index contributed by atoms with van der Waals surface area (Å²) in [4.78, 5) is 15.6. The van der Waals surface area contributed by atoms with Crippen LogP contribution in [0.2, 0.25) is 0 Å². The summed E-state index contributed by atoms with van der Waals surface area (Å²) in [5.74, 6) is -0.243. The van der Waals surface area contributed by atoms with E-state index in [1.807, 2.05) is 27.0 Å². The number of esters is 1. The van der Waals surface area contributed by atoms with Crippen molar-refractivity contribution in [2.45, 2.75) is 71.8 Å². The van der Waals surface area contributed by atoms with Crippen molar-refractivity contribution in [1.29, 1.82) is 0 Å². The van der Waals surface area contributed by atoms with Gasteiger partial charge in [0.05, 0.1) is 0 Å². The zero-order valence-corrected chi connectivity index (χ0v) is 12.3. The molecule has 0 unspecified atom stereocenters. The summed E-state index contributed by atoms with van der Waals surface area (Å²) >= 11 is 0. The Labute approximate surface area is 111 Å². The molecule has 0 aromatic carbocycles. The van der Waals surface area contributed by atoms with E-state index < -0.39 is 5.60 Å². The molecule has 3 heteroatoms. The van der Waals surface area contributed by atoms with E-state index in [1.54, 1.807) is 0 Å². The maximum absolute atomic E-state index is 11.5. The predicted molar refractivity (Wildman–Crippen MR) is 75.0 cm³/mol. The summed E-state index contributed by atoms with van der Waals surface area (Å²) in [6.07, 6.45) is 9.49. The molecular weight excluding hydrogens is 226 g/mol. The van der Waals surface area contributed by atoms with Gasteiger partial charge in [0.1, 0.15) is 12.1 Å². The third-order valence-corrected chi connectivity index (χ3v) is 3.41. The highest BCUT2D eigenvalue weighted by Gasteiger charge is 2.25. The van der Waals surface area contributed by atoms with Gasteiger partial charge < -0.3 is 4.74 Å². The number of aliphatic imine (C=N–C) groups is 1. The number of hydrogen-bond acceptors (Lipinski definition) is 3. The quantitative estimate of drug-likeness (QED) is 0.565. The van der Waals surface area contributed by atoms with Crippen molar-refractivity contribution in [2.24, 2.45) is 10.4 Å². The zero-order chi connectivity index (χ0) is 13.6. The third kappa shape index (κ3) is 6.18. The molecule has 1 rings (SSSR count). The number of carbonyl (C=O) groups excluding carboxylic acids is 1. The molecule has 0 heterocycles. The molecular formula is C15H27NO2. The Hall–Kier alpha value is -0.860. The molecule has 1 aliphatic rings. The minimum atomic E-state index is -0.415. The van der Waals surface area contributed by atoms with Gasteiger partial charge in [-0.25, -0.2) is 0 Å². The molecule has 0 atom stereocenters. The van der Waals surface area contributed by atoms with Crippen LogP contribution in [0.25, 0.3) is 0 Å². The first-order valence-electron chi connectivity index (χ1n) is 7.01. The maximum Gasteiger partial charge on any atom is 0.328 e. The van der Waals surface area contributed by atoms with Crippen LogP contribution in [0.1, 0.15) is 66.2 Å². The van der Waals surface area contributed by atoms with Gasteiger partial charge in [-0.05, 0) is 51.7 Å². The SMILES string of the molecule is CC1(CC=NCC(=O)OC(C)(C)C)CCCCC1. The van der Waals surface area contributed by atoms with E-state index >= 15 is 0 Å². The summed E-state index contributed by atoms with van der Waals surface area (Å²) in [5.41, 5.74) is -0.0162. The van der Waals surface area contributed by atoms with E-state index in [4.69, 9.17) is 4.74 Å². The third-order valence-electron chi connectivity index (χ3n) is 3.41. The molecule has 1 saturated carbocycles. The Morgan fingerprint density at radius 3 is 2.44 bits per heavy atom. The van der Waals surface area contributed by atoms with E-state index in [1.165, 1.54) is 32.1 Å². The monoisotopic (exact) mass is 253 g/mol. The molecule has 0 aliphatic heterocycles. The lowest BCUT2D eigenvalue weighted by atomic mass is 9.74. The van der Waals surface area contributed by atoms with Gasteiger partial charge in [0.15, 0.2) is 0 Å². The molecule has 0 radical (unpaired) electrons.